The quantitative estimate of drug-likeness (QED) is 0.495. The number of carbonyl (C=O) groups excluding carboxylic acids is 1. The van der Waals surface area contributed by atoms with E-state index in [0.717, 1.165) is 5.56 Å². The van der Waals surface area contributed by atoms with Crippen LogP contribution in [0.25, 0.3) is 11.4 Å². The van der Waals surface area contributed by atoms with Gasteiger partial charge in [0.15, 0.2) is 12.1 Å². The van der Waals surface area contributed by atoms with Crippen LogP contribution in [0.5, 0.6) is 0 Å². The van der Waals surface area contributed by atoms with E-state index < -0.39 is 43.1 Å². The molecule has 1 aliphatic heterocycles. The van der Waals surface area contributed by atoms with E-state index in [1.165, 1.54) is 11.6 Å². The first-order valence-corrected chi connectivity index (χ1v) is 10.3. The van der Waals surface area contributed by atoms with Gasteiger partial charge in [-0.3, -0.25) is 9.36 Å². The molecule has 0 saturated carbocycles. The first-order valence-electron chi connectivity index (χ1n) is 9.89. The molecule has 1 aromatic heterocycles. The molecule has 2 heterocycles. The topological polar surface area (TPSA) is 122 Å². The minimum Gasteiger partial charge on any atom is -0.394 e. The third-order valence-electron chi connectivity index (χ3n) is 4.98. The molecule has 1 aromatic carbocycles. The van der Waals surface area contributed by atoms with Gasteiger partial charge in [0.2, 0.25) is 10.7 Å². The van der Waals surface area contributed by atoms with Gasteiger partial charge in [0.1, 0.15) is 24.4 Å². The highest BCUT2D eigenvalue weighted by molar-refractivity contribution is 7.71. The predicted octanol–water partition coefficient (Wildman–Crippen LogP) is 0.853. The zero-order valence-electron chi connectivity index (χ0n) is 17.2. The summed E-state index contributed by atoms with van der Waals surface area (Å²) in [5.41, 5.74) is 0.856. The fourth-order valence-electron chi connectivity index (χ4n) is 3.61. The van der Waals surface area contributed by atoms with Crippen molar-refractivity contribution in [1.82, 2.24) is 19.7 Å². The maximum Gasteiger partial charge on any atom is 0.217 e. The summed E-state index contributed by atoms with van der Waals surface area (Å²) in [5.74, 6) is 0.507. The Bertz CT molecular complexity index is 929. The van der Waals surface area contributed by atoms with Gasteiger partial charge in [0, 0.05) is 19.0 Å². The maximum absolute atomic E-state index is 11.7. The lowest BCUT2D eigenvalue weighted by Gasteiger charge is -2.42. The van der Waals surface area contributed by atoms with Gasteiger partial charge < -0.3 is 25.4 Å². The Labute approximate surface area is 179 Å². The number of aromatic nitrogens is 3. The summed E-state index contributed by atoms with van der Waals surface area (Å²) in [6, 6.07) is 8.54. The number of benzene rings is 1. The number of carbonyl (C=O) groups is 1. The zero-order chi connectivity index (χ0) is 22.0. The van der Waals surface area contributed by atoms with Crippen LogP contribution in [0.15, 0.2) is 30.3 Å². The molecule has 1 amide bonds. The predicted molar refractivity (Wildman–Crippen MR) is 112 cm³/mol. The normalized spacial score (nSPS) is 26.7. The molecule has 3 rings (SSSR count). The molecule has 5 unspecified atom stereocenters. The van der Waals surface area contributed by atoms with Crippen LogP contribution >= 0.6 is 12.2 Å². The standard InChI is InChI=1S/C20H28N4O5S/c1-11(2)9-23-18(13-7-5-4-6-8-13)22-24(20(23)30)19-15(21-12(3)26)17(28)16(27)14(10-25)29-19/h4-8,11,14-17,19,25,27-28H,9-10H2,1-3H3,(H,21,26). The summed E-state index contributed by atoms with van der Waals surface area (Å²) in [4.78, 5) is 11.7. The van der Waals surface area contributed by atoms with Gasteiger partial charge in [0.05, 0.1) is 6.61 Å². The number of nitrogens with zero attached hydrogens (tertiary/aromatic N) is 3. The lowest BCUT2D eigenvalue weighted by molar-refractivity contribution is -0.219. The van der Waals surface area contributed by atoms with Crippen molar-refractivity contribution in [1.29, 1.82) is 0 Å². The van der Waals surface area contributed by atoms with E-state index in [4.69, 9.17) is 17.0 Å². The van der Waals surface area contributed by atoms with Crippen molar-refractivity contribution < 1.29 is 24.9 Å². The minimum absolute atomic E-state index is 0.285. The fraction of sp³-hybridized carbons (Fsp3) is 0.550. The third kappa shape index (κ3) is 4.47. The van der Waals surface area contributed by atoms with Gasteiger partial charge in [0.25, 0.3) is 0 Å². The summed E-state index contributed by atoms with van der Waals surface area (Å²) in [5, 5.41) is 37.8. The first-order chi connectivity index (χ1) is 14.2. The average molecular weight is 437 g/mol. The summed E-state index contributed by atoms with van der Waals surface area (Å²) in [6.45, 7) is 5.53. The second-order valence-electron chi connectivity index (χ2n) is 7.88. The molecule has 0 radical (unpaired) electrons. The van der Waals surface area contributed by atoms with Crippen molar-refractivity contribution in [2.24, 2.45) is 5.92 Å². The summed E-state index contributed by atoms with van der Waals surface area (Å²) in [7, 11) is 0. The zero-order valence-corrected chi connectivity index (χ0v) is 18.0. The molecule has 30 heavy (non-hydrogen) atoms. The van der Waals surface area contributed by atoms with Crippen LogP contribution < -0.4 is 5.32 Å². The fourth-order valence-corrected chi connectivity index (χ4v) is 3.91. The molecule has 1 fully saturated rings. The van der Waals surface area contributed by atoms with Crippen molar-refractivity contribution in [3.63, 3.8) is 0 Å². The molecular formula is C20H28N4O5S. The number of rotatable bonds is 6. The Balaban J connectivity index is 2.13. The Morgan fingerprint density at radius 2 is 1.93 bits per heavy atom. The molecule has 164 valence electrons. The van der Waals surface area contributed by atoms with Gasteiger partial charge in [-0.1, -0.05) is 44.2 Å². The van der Waals surface area contributed by atoms with Crippen molar-refractivity contribution in [3.8, 4) is 11.4 Å². The Morgan fingerprint density at radius 1 is 1.27 bits per heavy atom. The van der Waals surface area contributed by atoms with Gasteiger partial charge in [-0.25, -0.2) is 4.68 Å². The van der Waals surface area contributed by atoms with Crippen molar-refractivity contribution >= 4 is 18.1 Å². The van der Waals surface area contributed by atoms with Crippen LogP contribution in [0.1, 0.15) is 27.0 Å². The number of hydrogen-bond donors (Lipinski definition) is 4. The average Bonchev–Trinajstić information content (AvgIpc) is 3.02. The second-order valence-corrected chi connectivity index (χ2v) is 8.24. The van der Waals surface area contributed by atoms with Gasteiger partial charge in [-0.2, -0.15) is 0 Å². The first kappa shape index (κ1) is 22.6. The lowest BCUT2D eigenvalue weighted by atomic mass is 9.96. The third-order valence-corrected chi connectivity index (χ3v) is 5.38. The van der Waals surface area contributed by atoms with Crippen molar-refractivity contribution in [2.75, 3.05) is 6.61 Å². The van der Waals surface area contributed by atoms with Crippen LogP contribution in [0, 0.1) is 10.7 Å². The lowest BCUT2D eigenvalue weighted by Crippen LogP contribution is -2.62. The van der Waals surface area contributed by atoms with Crippen LogP contribution in [0.3, 0.4) is 0 Å². The molecule has 1 aliphatic rings. The molecule has 10 heteroatoms. The Hall–Kier alpha value is -2.11. The van der Waals surface area contributed by atoms with E-state index in [1.807, 2.05) is 34.9 Å². The molecule has 0 bridgehead atoms. The molecular weight excluding hydrogens is 408 g/mol. The van der Waals surface area contributed by atoms with Crippen molar-refractivity contribution in [3.05, 3.63) is 35.1 Å². The Kier molecular flexibility index (Phi) is 7.04. The number of nitrogens with one attached hydrogen (secondary N) is 1. The van der Waals surface area contributed by atoms with Crippen LogP contribution in [-0.2, 0) is 16.1 Å². The van der Waals surface area contributed by atoms with E-state index in [0.29, 0.717) is 17.1 Å². The highest BCUT2D eigenvalue weighted by atomic mass is 32.1. The number of hydrogen-bond acceptors (Lipinski definition) is 7. The van der Waals surface area contributed by atoms with Crippen LogP contribution in [-0.4, -0.2) is 66.5 Å². The molecule has 1 saturated heterocycles. The summed E-state index contributed by atoms with van der Waals surface area (Å²) in [6.07, 6.45) is -4.80. The van der Waals surface area contributed by atoms with Crippen LogP contribution in [0.4, 0.5) is 0 Å². The van der Waals surface area contributed by atoms with Crippen LogP contribution in [0.2, 0.25) is 0 Å². The van der Waals surface area contributed by atoms with E-state index in [-0.39, 0.29) is 5.92 Å². The van der Waals surface area contributed by atoms with E-state index in [9.17, 15) is 20.1 Å². The SMILES string of the molecule is CC(=O)NC1C(O)C(O)C(CO)OC1n1nc(-c2ccccc2)n(CC(C)C)c1=S. The number of aliphatic hydroxyl groups is 3. The molecule has 5 atom stereocenters. The van der Waals surface area contributed by atoms with Gasteiger partial charge in [-0.05, 0) is 18.1 Å². The second kappa shape index (κ2) is 9.36. The summed E-state index contributed by atoms with van der Waals surface area (Å²) >= 11 is 5.69. The number of ether oxygens (including phenoxy) is 1. The maximum atomic E-state index is 11.7. The largest absolute Gasteiger partial charge is 0.394 e. The number of aliphatic hydroxyl groups excluding tert-OH is 3. The highest BCUT2D eigenvalue weighted by Crippen LogP contribution is 2.30. The van der Waals surface area contributed by atoms with E-state index in [1.54, 1.807) is 0 Å². The van der Waals surface area contributed by atoms with E-state index >= 15 is 0 Å². The molecule has 0 spiro atoms. The molecule has 2 aromatic rings. The minimum atomic E-state index is -1.37. The Morgan fingerprint density at radius 3 is 2.50 bits per heavy atom. The van der Waals surface area contributed by atoms with Gasteiger partial charge >= 0.3 is 0 Å². The highest BCUT2D eigenvalue weighted by Gasteiger charge is 2.46. The smallest absolute Gasteiger partial charge is 0.217 e. The molecule has 4 N–H and O–H groups in total. The molecule has 9 nitrogen and oxygen atoms in total. The monoisotopic (exact) mass is 436 g/mol. The van der Waals surface area contributed by atoms with E-state index in [2.05, 4.69) is 24.3 Å². The van der Waals surface area contributed by atoms with Gasteiger partial charge in [-0.15, -0.1) is 5.10 Å². The number of amides is 1. The summed E-state index contributed by atoms with van der Waals surface area (Å²) < 4.78 is 9.52. The van der Waals surface area contributed by atoms with Crippen molar-refractivity contribution in [2.45, 2.75) is 57.9 Å². The molecule has 0 aliphatic carbocycles.